The average Bonchev–Trinajstić information content (AvgIpc) is 2.63. The first kappa shape index (κ1) is 9.79. The van der Waals surface area contributed by atoms with Crippen LogP contribution in [0.5, 0.6) is 0 Å². The summed E-state index contributed by atoms with van der Waals surface area (Å²) in [5, 5.41) is 11.4. The second kappa shape index (κ2) is 3.78. The number of hydrogen-bond acceptors (Lipinski definition) is 4. The summed E-state index contributed by atoms with van der Waals surface area (Å²) >= 11 is 0. The Morgan fingerprint density at radius 3 is 2.47 bits per heavy atom. The van der Waals surface area contributed by atoms with Crippen molar-refractivity contribution in [3.8, 4) is 5.69 Å². The second-order valence-electron chi connectivity index (χ2n) is 3.56. The molecule has 78 valence electrons. The Morgan fingerprint density at radius 2 is 1.87 bits per heavy atom. The van der Waals surface area contributed by atoms with Gasteiger partial charge in [-0.05, 0) is 47.5 Å². The van der Waals surface area contributed by atoms with Gasteiger partial charge in [0.05, 0.1) is 12.2 Å². The van der Waals surface area contributed by atoms with Crippen LogP contribution in [0.25, 0.3) is 5.69 Å². The smallest absolute Gasteiger partial charge is 0.170 e. The Hall–Kier alpha value is -1.75. The maximum Gasteiger partial charge on any atom is 0.170 e. The van der Waals surface area contributed by atoms with Crippen molar-refractivity contribution in [1.82, 2.24) is 20.2 Å². The summed E-state index contributed by atoms with van der Waals surface area (Å²) in [6, 6.07) is 6.17. The van der Waals surface area contributed by atoms with E-state index in [2.05, 4.69) is 21.6 Å². The standard InChI is InChI=1S/C10H13N5/c1-7-3-8(2)5-9(4-7)15-10(6-11)12-13-14-15/h3-5H,6,11H2,1-2H3. The van der Waals surface area contributed by atoms with Gasteiger partial charge in [-0.15, -0.1) is 5.10 Å². The minimum atomic E-state index is 0.333. The molecule has 0 radical (unpaired) electrons. The van der Waals surface area contributed by atoms with E-state index in [0.717, 1.165) is 5.69 Å². The molecule has 0 saturated heterocycles. The van der Waals surface area contributed by atoms with E-state index in [4.69, 9.17) is 5.73 Å². The van der Waals surface area contributed by atoms with E-state index in [-0.39, 0.29) is 0 Å². The predicted octanol–water partition coefficient (Wildman–Crippen LogP) is 0.738. The van der Waals surface area contributed by atoms with Gasteiger partial charge in [0.25, 0.3) is 0 Å². The minimum Gasteiger partial charge on any atom is -0.324 e. The van der Waals surface area contributed by atoms with Crippen molar-refractivity contribution in [1.29, 1.82) is 0 Å². The highest BCUT2D eigenvalue weighted by Gasteiger charge is 2.06. The van der Waals surface area contributed by atoms with Gasteiger partial charge in [0, 0.05) is 0 Å². The van der Waals surface area contributed by atoms with Crippen LogP contribution in [0, 0.1) is 13.8 Å². The lowest BCUT2D eigenvalue weighted by atomic mass is 10.1. The maximum absolute atomic E-state index is 5.55. The molecule has 1 aromatic heterocycles. The molecule has 1 heterocycles. The van der Waals surface area contributed by atoms with E-state index in [9.17, 15) is 0 Å². The van der Waals surface area contributed by atoms with Crippen molar-refractivity contribution in [3.63, 3.8) is 0 Å². The van der Waals surface area contributed by atoms with Crippen molar-refractivity contribution in [2.24, 2.45) is 5.73 Å². The zero-order valence-electron chi connectivity index (χ0n) is 8.81. The van der Waals surface area contributed by atoms with E-state index >= 15 is 0 Å². The van der Waals surface area contributed by atoms with Crippen LogP contribution in [0.4, 0.5) is 0 Å². The Kier molecular flexibility index (Phi) is 2.47. The average molecular weight is 203 g/mol. The number of hydrogen-bond donors (Lipinski definition) is 1. The van der Waals surface area contributed by atoms with Gasteiger partial charge in [-0.2, -0.15) is 4.68 Å². The normalized spacial score (nSPS) is 10.6. The quantitative estimate of drug-likeness (QED) is 0.781. The molecule has 0 bridgehead atoms. The van der Waals surface area contributed by atoms with Crippen LogP contribution in [0.15, 0.2) is 18.2 Å². The summed E-state index contributed by atoms with van der Waals surface area (Å²) in [5.74, 6) is 0.667. The number of rotatable bonds is 2. The van der Waals surface area contributed by atoms with Crippen LogP contribution in [0.2, 0.25) is 0 Å². The van der Waals surface area contributed by atoms with Gasteiger partial charge in [0.15, 0.2) is 5.82 Å². The lowest BCUT2D eigenvalue weighted by Gasteiger charge is -2.05. The van der Waals surface area contributed by atoms with Crippen LogP contribution >= 0.6 is 0 Å². The zero-order valence-corrected chi connectivity index (χ0v) is 8.81. The minimum absolute atomic E-state index is 0.333. The van der Waals surface area contributed by atoms with Crippen LogP contribution in [0.3, 0.4) is 0 Å². The first-order chi connectivity index (χ1) is 7.20. The Labute approximate surface area is 87.9 Å². The molecule has 0 aliphatic rings. The second-order valence-corrected chi connectivity index (χ2v) is 3.56. The molecule has 0 fully saturated rings. The van der Waals surface area contributed by atoms with Gasteiger partial charge in [0.2, 0.25) is 0 Å². The lowest BCUT2D eigenvalue weighted by Crippen LogP contribution is -2.08. The van der Waals surface area contributed by atoms with Gasteiger partial charge in [-0.1, -0.05) is 6.07 Å². The highest BCUT2D eigenvalue weighted by molar-refractivity contribution is 5.38. The van der Waals surface area contributed by atoms with Crippen molar-refractivity contribution in [3.05, 3.63) is 35.2 Å². The number of aryl methyl sites for hydroxylation is 2. The largest absolute Gasteiger partial charge is 0.324 e. The molecule has 0 amide bonds. The number of nitrogens with zero attached hydrogens (tertiary/aromatic N) is 4. The predicted molar refractivity (Wildman–Crippen MR) is 56.5 cm³/mol. The Balaban J connectivity index is 2.53. The van der Waals surface area contributed by atoms with Gasteiger partial charge in [0.1, 0.15) is 0 Å². The molecule has 5 heteroatoms. The third-order valence-electron chi connectivity index (χ3n) is 2.17. The molecule has 2 rings (SSSR count). The van der Waals surface area contributed by atoms with Gasteiger partial charge in [-0.25, -0.2) is 0 Å². The summed E-state index contributed by atoms with van der Waals surface area (Å²) in [6.07, 6.45) is 0. The van der Waals surface area contributed by atoms with E-state index < -0.39 is 0 Å². The van der Waals surface area contributed by atoms with Crippen LogP contribution < -0.4 is 5.73 Å². The summed E-state index contributed by atoms with van der Waals surface area (Å²) in [7, 11) is 0. The molecule has 0 spiro atoms. The van der Waals surface area contributed by atoms with Crippen molar-refractivity contribution in [2.45, 2.75) is 20.4 Å². The first-order valence-corrected chi connectivity index (χ1v) is 4.76. The van der Waals surface area contributed by atoms with E-state index in [1.54, 1.807) is 4.68 Å². The SMILES string of the molecule is Cc1cc(C)cc(-n2nnnc2CN)c1. The summed E-state index contributed by atoms with van der Waals surface area (Å²) in [6.45, 7) is 4.42. The Bertz CT molecular complexity index is 454. The molecule has 2 N–H and O–H groups in total. The highest BCUT2D eigenvalue weighted by Crippen LogP contribution is 2.13. The molecule has 5 nitrogen and oxygen atoms in total. The number of tetrazole rings is 1. The van der Waals surface area contributed by atoms with Crippen molar-refractivity contribution in [2.75, 3.05) is 0 Å². The third kappa shape index (κ3) is 1.87. The van der Waals surface area contributed by atoms with E-state index in [1.807, 2.05) is 26.0 Å². The number of nitrogens with two attached hydrogens (primary N) is 1. The van der Waals surface area contributed by atoms with Crippen LogP contribution in [-0.2, 0) is 6.54 Å². The zero-order chi connectivity index (χ0) is 10.8. The van der Waals surface area contributed by atoms with E-state index in [1.165, 1.54) is 11.1 Å². The number of aromatic nitrogens is 4. The molecule has 15 heavy (non-hydrogen) atoms. The first-order valence-electron chi connectivity index (χ1n) is 4.76. The maximum atomic E-state index is 5.55. The van der Waals surface area contributed by atoms with Gasteiger partial charge < -0.3 is 5.73 Å². The lowest BCUT2D eigenvalue weighted by molar-refractivity contribution is 0.760. The number of benzene rings is 1. The summed E-state index contributed by atoms with van der Waals surface area (Å²) < 4.78 is 1.67. The van der Waals surface area contributed by atoms with Crippen molar-refractivity contribution >= 4 is 0 Å². The summed E-state index contributed by atoms with van der Waals surface area (Å²) in [5.41, 5.74) is 8.87. The molecular weight excluding hydrogens is 190 g/mol. The highest BCUT2D eigenvalue weighted by atomic mass is 15.5. The molecule has 0 aliphatic carbocycles. The van der Waals surface area contributed by atoms with E-state index in [0.29, 0.717) is 12.4 Å². The van der Waals surface area contributed by atoms with Crippen LogP contribution in [-0.4, -0.2) is 20.2 Å². The molecule has 1 aromatic carbocycles. The fourth-order valence-electron chi connectivity index (χ4n) is 1.61. The Morgan fingerprint density at radius 1 is 1.20 bits per heavy atom. The van der Waals surface area contributed by atoms with Crippen molar-refractivity contribution < 1.29 is 0 Å². The third-order valence-corrected chi connectivity index (χ3v) is 2.17. The monoisotopic (exact) mass is 203 g/mol. The summed E-state index contributed by atoms with van der Waals surface area (Å²) in [4.78, 5) is 0. The van der Waals surface area contributed by atoms with Crippen LogP contribution in [0.1, 0.15) is 17.0 Å². The molecule has 0 unspecified atom stereocenters. The molecule has 2 aromatic rings. The molecule has 0 atom stereocenters. The fraction of sp³-hybridized carbons (Fsp3) is 0.300. The molecular formula is C10H13N5. The van der Waals surface area contributed by atoms with Gasteiger partial charge >= 0.3 is 0 Å². The molecule has 0 saturated carbocycles. The topological polar surface area (TPSA) is 69.6 Å². The fourth-order valence-corrected chi connectivity index (χ4v) is 1.61. The molecule has 0 aliphatic heterocycles. The van der Waals surface area contributed by atoms with Gasteiger partial charge in [-0.3, -0.25) is 0 Å².